The Hall–Kier alpha value is -0.910. The van der Waals surface area contributed by atoms with E-state index < -0.39 is 24.2 Å². The quantitative estimate of drug-likeness (QED) is 0.0530. The number of carbonyl (C=O) groups excluding carboxylic acids is 1. The predicted octanol–water partition coefficient (Wildman–Crippen LogP) is 8.53. The van der Waals surface area contributed by atoms with Crippen molar-refractivity contribution in [1.82, 2.24) is 5.32 Å². The summed E-state index contributed by atoms with van der Waals surface area (Å²) in [5.41, 5.74) is 0. The number of allylic oxidation sites excluding steroid dienone is 2. The summed E-state index contributed by atoms with van der Waals surface area (Å²) >= 11 is 0. The number of amides is 1. The van der Waals surface area contributed by atoms with Gasteiger partial charge in [-0.3, -0.25) is 4.79 Å². The van der Waals surface area contributed by atoms with Crippen molar-refractivity contribution in [2.24, 2.45) is 0 Å². The van der Waals surface area contributed by atoms with Crippen LogP contribution >= 0.6 is 0 Å². The molecule has 0 aliphatic carbocycles. The third-order valence-electron chi connectivity index (χ3n) is 7.88. The van der Waals surface area contributed by atoms with E-state index in [-0.39, 0.29) is 6.61 Å². The summed E-state index contributed by atoms with van der Waals surface area (Å²) in [4.78, 5) is 12.3. The van der Waals surface area contributed by atoms with Gasteiger partial charge in [0.25, 0.3) is 0 Å². The molecule has 0 bridgehead atoms. The minimum Gasteiger partial charge on any atom is -0.394 e. The lowest BCUT2D eigenvalue weighted by atomic mass is 10.0. The molecule has 5 heteroatoms. The maximum Gasteiger partial charge on any atom is 0.249 e. The van der Waals surface area contributed by atoms with E-state index >= 15 is 0 Å². The van der Waals surface area contributed by atoms with E-state index in [1.165, 1.54) is 103 Å². The van der Waals surface area contributed by atoms with Gasteiger partial charge in [0.05, 0.1) is 18.8 Å². The van der Waals surface area contributed by atoms with Gasteiger partial charge in [-0.25, -0.2) is 0 Å². The monoisotopic (exact) mass is 554 g/mol. The third kappa shape index (κ3) is 25.8. The van der Waals surface area contributed by atoms with Gasteiger partial charge in [-0.05, 0) is 38.5 Å². The van der Waals surface area contributed by atoms with E-state index in [0.29, 0.717) is 12.8 Å². The average molecular weight is 554 g/mol. The number of aliphatic hydroxyl groups excluding tert-OH is 3. The van der Waals surface area contributed by atoms with Gasteiger partial charge in [0.2, 0.25) is 5.91 Å². The van der Waals surface area contributed by atoms with Crippen LogP contribution in [0.5, 0.6) is 0 Å². The molecule has 3 atom stereocenters. The minimum absolute atomic E-state index is 0.323. The Balaban J connectivity index is 3.76. The fourth-order valence-electron chi connectivity index (χ4n) is 5.12. The minimum atomic E-state index is -1.07. The summed E-state index contributed by atoms with van der Waals surface area (Å²) in [6.07, 6.45) is 31.9. The highest BCUT2D eigenvalue weighted by molar-refractivity contribution is 5.80. The number of rotatable bonds is 30. The van der Waals surface area contributed by atoms with Crippen LogP contribution in [-0.4, -0.2) is 46.1 Å². The van der Waals surface area contributed by atoms with Crippen molar-refractivity contribution in [1.29, 1.82) is 0 Å². The highest BCUT2D eigenvalue weighted by Gasteiger charge is 2.23. The topological polar surface area (TPSA) is 89.8 Å². The smallest absolute Gasteiger partial charge is 0.249 e. The molecule has 39 heavy (non-hydrogen) atoms. The van der Waals surface area contributed by atoms with E-state index in [1.54, 1.807) is 0 Å². The van der Waals surface area contributed by atoms with Crippen molar-refractivity contribution in [3.05, 3.63) is 12.2 Å². The van der Waals surface area contributed by atoms with E-state index in [0.717, 1.165) is 44.9 Å². The molecule has 0 saturated heterocycles. The summed E-state index contributed by atoms with van der Waals surface area (Å²) in [5.74, 6) is -0.482. The molecule has 0 spiro atoms. The first-order valence-corrected chi connectivity index (χ1v) is 17.0. The second kappa shape index (κ2) is 30.1. The van der Waals surface area contributed by atoms with Gasteiger partial charge in [-0.2, -0.15) is 0 Å². The van der Waals surface area contributed by atoms with Crippen LogP contribution in [-0.2, 0) is 4.79 Å². The van der Waals surface area contributed by atoms with Crippen LogP contribution in [0.15, 0.2) is 12.2 Å². The van der Waals surface area contributed by atoms with Gasteiger partial charge in [-0.15, -0.1) is 0 Å². The van der Waals surface area contributed by atoms with Crippen molar-refractivity contribution < 1.29 is 20.1 Å². The molecular weight excluding hydrogens is 486 g/mol. The molecule has 0 aliphatic rings. The first-order chi connectivity index (χ1) is 19.1. The van der Waals surface area contributed by atoms with Gasteiger partial charge in [0.1, 0.15) is 6.10 Å². The Labute approximate surface area is 242 Å². The largest absolute Gasteiger partial charge is 0.394 e. The summed E-state index contributed by atoms with van der Waals surface area (Å²) < 4.78 is 0. The van der Waals surface area contributed by atoms with Crippen LogP contribution in [0.25, 0.3) is 0 Å². The molecule has 0 radical (unpaired) electrons. The van der Waals surface area contributed by atoms with Crippen LogP contribution in [0.1, 0.15) is 174 Å². The molecule has 0 fully saturated rings. The normalized spacial score (nSPS) is 14.1. The van der Waals surface area contributed by atoms with Crippen LogP contribution in [0.4, 0.5) is 0 Å². The standard InChI is InChI=1S/C34H67NO4/c1-3-5-7-9-11-13-15-17-19-20-22-24-26-28-32(37)31(30-36)35-34(39)33(38)29-27-25-23-21-18-16-14-12-10-8-6-4-2/h19-20,31-33,36-38H,3-18,21-30H2,1-2H3,(H,35,39)/b20-19-/t31-,32+,33+/m0/s1. The molecule has 232 valence electrons. The zero-order valence-electron chi connectivity index (χ0n) is 26.0. The third-order valence-corrected chi connectivity index (χ3v) is 7.88. The lowest BCUT2D eigenvalue weighted by molar-refractivity contribution is -0.131. The molecular formula is C34H67NO4. The lowest BCUT2D eigenvalue weighted by Crippen LogP contribution is -2.49. The van der Waals surface area contributed by atoms with Crippen molar-refractivity contribution in [3.8, 4) is 0 Å². The molecule has 0 saturated carbocycles. The van der Waals surface area contributed by atoms with Gasteiger partial charge in [-0.1, -0.05) is 148 Å². The van der Waals surface area contributed by atoms with Gasteiger partial charge in [0.15, 0.2) is 0 Å². The number of nitrogens with one attached hydrogen (secondary N) is 1. The molecule has 5 nitrogen and oxygen atoms in total. The SMILES string of the molecule is CCCCCCCCC/C=C\CCCC[C@@H](O)[C@H](CO)NC(=O)[C@H](O)CCCCCCCCCCCCCC. The van der Waals surface area contributed by atoms with Gasteiger partial charge in [0, 0.05) is 0 Å². The molecule has 0 aromatic heterocycles. The second-order valence-corrected chi connectivity index (χ2v) is 11.7. The van der Waals surface area contributed by atoms with Crippen LogP contribution < -0.4 is 5.32 Å². The first kappa shape index (κ1) is 38.1. The molecule has 4 N–H and O–H groups in total. The lowest BCUT2D eigenvalue weighted by Gasteiger charge is -2.23. The van der Waals surface area contributed by atoms with Gasteiger partial charge < -0.3 is 20.6 Å². The summed E-state index contributed by atoms with van der Waals surface area (Å²) in [7, 11) is 0. The molecule has 0 aliphatic heterocycles. The fraction of sp³-hybridized carbons (Fsp3) is 0.912. The number of carbonyl (C=O) groups is 1. The van der Waals surface area contributed by atoms with Crippen molar-refractivity contribution in [2.45, 2.75) is 193 Å². The summed E-state index contributed by atoms with van der Waals surface area (Å²) in [5, 5.41) is 33.0. The summed E-state index contributed by atoms with van der Waals surface area (Å²) in [6, 6.07) is -0.720. The Morgan fingerprint density at radius 1 is 0.590 bits per heavy atom. The molecule has 0 heterocycles. The fourth-order valence-corrected chi connectivity index (χ4v) is 5.12. The van der Waals surface area contributed by atoms with Crippen LogP contribution in [0.3, 0.4) is 0 Å². The van der Waals surface area contributed by atoms with Crippen molar-refractivity contribution in [3.63, 3.8) is 0 Å². The zero-order valence-corrected chi connectivity index (χ0v) is 26.0. The van der Waals surface area contributed by atoms with Crippen LogP contribution in [0.2, 0.25) is 0 Å². The number of hydrogen-bond acceptors (Lipinski definition) is 4. The highest BCUT2D eigenvalue weighted by Crippen LogP contribution is 2.14. The van der Waals surface area contributed by atoms with Crippen molar-refractivity contribution >= 4 is 5.91 Å². The summed E-state index contributed by atoms with van der Waals surface area (Å²) in [6.45, 7) is 4.18. The number of unbranched alkanes of at least 4 members (excludes halogenated alkanes) is 20. The number of hydrogen-bond donors (Lipinski definition) is 4. The van der Waals surface area contributed by atoms with E-state index in [2.05, 4.69) is 31.3 Å². The van der Waals surface area contributed by atoms with E-state index in [1.807, 2.05) is 0 Å². The highest BCUT2D eigenvalue weighted by atomic mass is 16.3. The molecule has 0 unspecified atom stereocenters. The first-order valence-electron chi connectivity index (χ1n) is 17.0. The zero-order chi connectivity index (χ0) is 28.8. The predicted molar refractivity (Wildman–Crippen MR) is 167 cm³/mol. The molecule has 0 aromatic rings. The Bertz CT molecular complexity index is 539. The Morgan fingerprint density at radius 3 is 1.44 bits per heavy atom. The Morgan fingerprint density at radius 2 is 0.974 bits per heavy atom. The average Bonchev–Trinajstić information content (AvgIpc) is 2.94. The molecule has 0 rings (SSSR count). The van der Waals surface area contributed by atoms with E-state index in [4.69, 9.17) is 0 Å². The Kier molecular flexibility index (Phi) is 29.4. The van der Waals surface area contributed by atoms with Gasteiger partial charge >= 0.3 is 0 Å². The number of aliphatic hydroxyl groups is 3. The van der Waals surface area contributed by atoms with Crippen LogP contribution in [0, 0.1) is 0 Å². The van der Waals surface area contributed by atoms with E-state index in [9.17, 15) is 20.1 Å². The molecule has 0 aromatic carbocycles. The molecule has 1 amide bonds. The maximum atomic E-state index is 12.3. The maximum absolute atomic E-state index is 12.3. The second-order valence-electron chi connectivity index (χ2n) is 11.7. The van der Waals surface area contributed by atoms with Crippen molar-refractivity contribution in [2.75, 3.05) is 6.61 Å².